The van der Waals surface area contributed by atoms with Gasteiger partial charge >= 0.3 is 6.18 Å². The van der Waals surface area contributed by atoms with Gasteiger partial charge in [0.2, 0.25) is 11.4 Å². The van der Waals surface area contributed by atoms with Crippen molar-refractivity contribution in [2.24, 2.45) is 17.3 Å². The Kier molecular flexibility index (Phi) is 4.47. The quantitative estimate of drug-likeness (QED) is 0.808. The fourth-order valence-corrected chi connectivity index (χ4v) is 4.02. The average molecular weight is 386 g/mol. The second-order valence-electron chi connectivity index (χ2n) is 9.08. The summed E-state index contributed by atoms with van der Waals surface area (Å²) in [4.78, 5) is 39.3. The first-order chi connectivity index (χ1) is 12.3. The Morgan fingerprint density at radius 1 is 1.22 bits per heavy atom. The number of ketones is 1. The molecular formula is C19H25F3N2O3. The number of carbonyl (C=O) groups excluding carboxylic acids is 3. The van der Waals surface area contributed by atoms with Crippen LogP contribution in [0.2, 0.25) is 0 Å². The van der Waals surface area contributed by atoms with Gasteiger partial charge in [-0.15, -0.1) is 0 Å². The molecule has 2 aliphatic carbocycles. The molecule has 1 saturated carbocycles. The number of nitrogens with zero attached hydrogens (tertiary/aromatic N) is 1. The van der Waals surface area contributed by atoms with Crippen LogP contribution in [-0.4, -0.2) is 40.8 Å². The highest BCUT2D eigenvalue weighted by Gasteiger charge is 2.71. The molecule has 1 heterocycles. The topological polar surface area (TPSA) is 66.5 Å². The maximum Gasteiger partial charge on any atom is 0.425 e. The number of halogens is 3. The largest absolute Gasteiger partial charge is 0.425 e. The number of rotatable bonds is 4. The third-order valence-corrected chi connectivity index (χ3v) is 5.35. The van der Waals surface area contributed by atoms with Gasteiger partial charge in [0.25, 0.3) is 5.91 Å². The van der Waals surface area contributed by atoms with Crippen LogP contribution < -0.4 is 5.32 Å². The third kappa shape index (κ3) is 3.17. The van der Waals surface area contributed by atoms with Crippen LogP contribution in [0.4, 0.5) is 13.2 Å². The average Bonchev–Trinajstić information content (AvgIpc) is 3.29. The van der Waals surface area contributed by atoms with E-state index in [0.29, 0.717) is 12.8 Å². The van der Waals surface area contributed by atoms with Crippen molar-refractivity contribution in [3.05, 3.63) is 11.3 Å². The maximum atomic E-state index is 14.3. The van der Waals surface area contributed by atoms with Crippen molar-refractivity contribution in [1.82, 2.24) is 10.2 Å². The zero-order chi connectivity index (χ0) is 20.4. The van der Waals surface area contributed by atoms with Crippen LogP contribution in [0.3, 0.4) is 0 Å². The Hall–Kier alpha value is -1.86. The highest BCUT2D eigenvalue weighted by atomic mass is 19.4. The summed E-state index contributed by atoms with van der Waals surface area (Å²) in [6.07, 6.45) is -4.01. The Morgan fingerprint density at radius 3 is 2.30 bits per heavy atom. The van der Waals surface area contributed by atoms with Gasteiger partial charge in [0.05, 0.1) is 5.57 Å². The van der Waals surface area contributed by atoms with E-state index < -0.39 is 46.2 Å². The van der Waals surface area contributed by atoms with Gasteiger partial charge in [-0.05, 0) is 30.6 Å². The van der Waals surface area contributed by atoms with Crippen molar-refractivity contribution in [1.29, 1.82) is 0 Å². The lowest BCUT2D eigenvalue weighted by atomic mass is 9.72. The van der Waals surface area contributed by atoms with E-state index in [1.807, 2.05) is 5.32 Å². The monoisotopic (exact) mass is 386 g/mol. The smallest absolute Gasteiger partial charge is 0.330 e. The van der Waals surface area contributed by atoms with Crippen LogP contribution >= 0.6 is 0 Å². The van der Waals surface area contributed by atoms with E-state index in [4.69, 9.17) is 0 Å². The summed E-state index contributed by atoms with van der Waals surface area (Å²) in [5, 5.41) is 1.97. The number of carbonyl (C=O) groups is 3. The predicted molar refractivity (Wildman–Crippen MR) is 91.3 cm³/mol. The zero-order valence-electron chi connectivity index (χ0n) is 16.0. The number of hydrogen-bond acceptors (Lipinski definition) is 3. The van der Waals surface area contributed by atoms with Gasteiger partial charge in [0.15, 0.2) is 5.78 Å². The van der Waals surface area contributed by atoms with Crippen molar-refractivity contribution in [2.75, 3.05) is 6.54 Å². The minimum absolute atomic E-state index is 0.0676. The van der Waals surface area contributed by atoms with E-state index in [2.05, 4.69) is 0 Å². The molecule has 0 bridgehead atoms. The summed E-state index contributed by atoms with van der Waals surface area (Å²) in [6, 6.07) is 0. The molecule has 0 radical (unpaired) electrons. The van der Waals surface area contributed by atoms with Gasteiger partial charge in [-0.25, -0.2) is 0 Å². The molecule has 0 aromatic rings. The number of nitrogens with one attached hydrogen (secondary N) is 1. The van der Waals surface area contributed by atoms with E-state index in [0.717, 1.165) is 4.90 Å². The number of amides is 2. The highest BCUT2D eigenvalue weighted by molar-refractivity contribution is 6.13. The Bertz CT molecular complexity index is 735. The lowest BCUT2D eigenvalue weighted by Crippen LogP contribution is -2.66. The van der Waals surface area contributed by atoms with Crippen LogP contribution in [0.15, 0.2) is 11.3 Å². The summed E-state index contributed by atoms with van der Waals surface area (Å²) in [6.45, 7) is 7.24. The normalized spacial score (nSPS) is 28.1. The highest BCUT2D eigenvalue weighted by Crippen LogP contribution is 2.52. The molecule has 1 atom stereocenters. The van der Waals surface area contributed by atoms with E-state index in [-0.39, 0.29) is 31.0 Å². The SMILES string of the molecule is CC(C)CN1C(=O)[C@@](NC(=O)C2CC2)(C(F)(F)F)C2=C1CC(C)(C)CC2=O. The molecule has 0 unspecified atom stereocenters. The molecule has 0 spiro atoms. The molecule has 0 saturated heterocycles. The lowest BCUT2D eigenvalue weighted by Gasteiger charge is -2.35. The zero-order valence-corrected chi connectivity index (χ0v) is 16.0. The van der Waals surface area contributed by atoms with Gasteiger partial charge in [-0.3, -0.25) is 14.4 Å². The van der Waals surface area contributed by atoms with Crippen molar-refractivity contribution in [2.45, 2.75) is 65.1 Å². The van der Waals surface area contributed by atoms with Gasteiger partial charge in [0, 0.05) is 24.6 Å². The molecule has 3 rings (SSSR count). The van der Waals surface area contributed by atoms with Crippen molar-refractivity contribution >= 4 is 17.6 Å². The Labute approximate surface area is 156 Å². The summed E-state index contributed by atoms with van der Waals surface area (Å²) < 4.78 is 42.9. The molecule has 1 aliphatic heterocycles. The molecule has 1 fully saturated rings. The fraction of sp³-hybridized carbons (Fsp3) is 0.737. The van der Waals surface area contributed by atoms with E-state index >= 15 is 0 Å². The minimum atomic E-state index is -5.10. The molecule has 3 aliphatic rings. The predicted octanol–water partition coefficient (Wildman–Crippen LogP) is 2.96. The molecule has 2 amide bonds. The van der Waals surface area contributed by atoms with Crippen LogP contribution in [0.5, 0.6) is 0 Å². The van der Waals surface area contributed by atoms with Gasteiger partial charge in [0.1, 0.15) is 0 Å². The molecule has 0 aromatic heterocycles. The van der Waals surface area contributed by atoms with Crippen molar-refractivity contribution in [3.63, 3.8) is 0 Å². The van der Waals surface area contributed by atoms with E-state index in [1.54, 1.807) is 27.7 Å². The molecule has 150 valence electrons. The minimum Gasteiger partial charge on any atom is -0.330 e. The molecule has 27 heavy (non-hydrogen) atoms. The van der Waals surface area contributed by atoms with Crippen LogP contribution in [0, 0.1) is 17.3 Å². The Morgan fingerprint density at radius 2 is 1.81 bits per heavy atom. The summed E-state index contributed by atoms with van der Waals surface area (Å²) in [5.74, 6) is -3.39. The van der Waals surface area contributed by atoms with E-state index in [1.165, 1.54) is 0 Å². The number of hydrogen-bond donors (Lipinski definition) is 1. The fourth-order valence-electron chi connectivity index (χ4n) is 4.02. The summed E-state index contributed by atoms with van der Waals surface area (Å²) >= 11 is 0. The van der Waals surface area contributed by atoms with Crippen molar-refractivity contribution < 1.29 is 27.6 Å². The Balaban J connectivity index is 2.18. The summed E-state index contributed by atoms with van der Waals surface area (Å²) in [5.41, 5.74) is -4.27. The standard InChI is InChI=1S/C19H25F3N2O3/c1-10(2)9-24-12-7-17(3,4)8-13(25)14(12)18(16(24)27,19(20,21)22)23-15(26)11-5-6-11/h10-11H,5-9H2,1-4H3,(H,23,26)/t18-/m1/s1. The van der Waals surface area contributed by atoms with Gasteiger partial charge < -0.3 is 10.2 Å². The lowest BCUT2D eigenvalue weighted by molar-refractivity contribution is -0.195. The number of Topliss-reactive ketones (excluding diaryl/α,β-unsaturated/α-hetero) is 1. The second-order valence-corrected chi connectivity index (χ2v) is 9.08. The van der Waals surface area contributed by atoms with Crippen LogP contribution in [-0.2, 0) is 14.4 Å². The van der Waals surface area contributed by atoms with Crippen LogP contribution in [0.25, 0.3) is 0 Å². The molecular weight excluding hydrogens is 361 g/mol. The number of allylic oxidation sites excluding steroid dienone is 1. The first kappa shape index (κ1) is 19.9. The summed E-state index contributed by atoms with van der Waals surface area (Å²) in [7, 11) is 0. The van der Waals surface area contributed by atoms with Gasteiger partial charge in [-0.2, -0.15) is 13.2 Å². The number of alkyl halides is 3. The molecule has 5 nitrogen and oxygen atoms in total. The molecule has 8 heteroatoms. The van der Waals surface area contributed by atoms with Crippen LogP contribution in [0.1, 0.15) is 53.4 Å². The van der Waals surface area contributed by atoms with Crippen molar-refractivity contribution in [3.8, 4) is 0 Å². The first-order valence-electron chi connectivity index (χ1n) is 9.28. The molecule has 0 aromatic carbocycles. The maximum absolute atomic E-state index is 14.3. The second kappa shape index (κ2) is 6.07. The molecule has 1 N–H and O–H groups in total. The van der Waals surface area contributed by atoms with E-state index in [9.17, 15) is 27.6 Å². The first-order valence-corrected chi connectivity index (χ1v) is 9.28. The van der Waals surface area contributed by atoms with Gasteiger partial charge in [-0.1, -0.05) is 27.7 Å². The third-order valence-electron chi connectivity index (χ3n) is 5.35.